The van der Waals surface area contributed by atoms with Crippen molar-refractivity contribution in [3.05, 3.63) is 44.0 Å². The van der Waals surface area contributed by atoms with Crippen molar-refractivity contribution in [1.82, 2.24) is 20.3 Å². The van der Waals surface area contributed by atoms with Crippen LogP contribution in [-0.2, 0) is 22.6 Å². The van der Waals surface area contributed by atoms with Gasteiger partial charge in [0.15, 0.2) is 0 Å². The van der Waals surface area contributed by atoms with Crippen molar-refractivity contribution >= 4 is 17.2 Å². The number of aromatic nitrogens is 3. The molecule has 0 spiro atoms. The molecule has 2 N–H and O–H groups in total. The Morgan fingerprint density at radius 2 is 2.28 bits per heavy atom. The Morgan fingerprint density at radius 3 is 2.96 bits per heavy atom. The van der Waals surface area contributed by atoms with Crippen molar-refractivity contribution in [2.75, 3.05) is 7.11 Å². The molecule has 2 aromatic heterocycles. The molecule has 1 aliphatic rings. The zero-order valence-corrected chi connectivity index (χ0v) is 15.2. The first kappa shape index (κ1) is 17.8. The van der Waals surface area contributed by atoms with Crippen molar-refractivity contribution < 1.29 is 9.53 Å². The summed E-state index contributed by atoms with van der Waals surface area (Å²) in [6.45, 7) is 2.25. The second-order valence-corrected chi connectivity index (χ2v) is 7.28. The van der Waals surface area contributed by atoms with Gasteiger partial charge in [0.25, 0.3) is 5.56 Å². The summed E-state index contributed by atoms with van der Waals surface area (Å²) in [6, 6.07) is 1.70. The van der Waals surface area contributed by atoms with E-state index in [0.717, 1.165) is 30.7 Å². The molecule has 0 aromatic carbocycles. The number of carbonyl (C=O) groups excluding carboxylic acids is 1. The summed E-state index contributed by atoms with van der Waals surface area (Å²) in [5, 5.41) is 3.06. The predicted molar refractivity (Wildman–Crippen MR) is 94.6 cm³/mol. The van der Waals surface area contributed by atoms with Gasteiger partial charge in [-0.25, -0.2) is 9.97 Å². The third-order valence-electron chi connectivity index (χ3n) is 4.44. The molecule has 0 unspecified atom stereocenters. The molecular weight excluding hydrogens is 340 g/mol. The number of aryl methyl sites for hydroxylation is 2. The van der Waals surface area contributed by atoms with E-state index in [1.807, 2.05) is 12.4 Å². The number of amides is 1. The number of carbonyl (C=O) groups is 1. The van der Waals surface area contributed by atoms with Crippen LogP contribution in [0.4, 0.5) is 0 Å². The Hall–Kier alpha value is -2.06. The monoisotopic (exact) mass is 362 g/mol. The number of methoxy groups -OCH3 is 1. The second kappa shape index (κ2) is 7.88. The third-order valence-corrected chi connectivity index (χ3v) is 5.43. The molecule has 1 aliphatic carbocycles. The van der Waals surface area contributed by atoms with Crippen LogP contribution in [0, 0.1) is 6.92 Å². The number of hydrogen-bond donors (Lipinski definition) is 2. The predicted octanol–water partition coefficient (Wildman–Crippen LogP) is 1.68. The van der Waals surface area contributed by atoms with Crippen LogP contribution in [0.15, 0.2) is 16.4 Å². The van der Waals surface area contributed by atoms with Gasteiger partial charge < -0.3 is 15.0 Å². The number of hydrogen-bond acceptors (Lipinski definition) is 6. The zero-order chi connectivity index (χ0) is 17.8. The molecule has 1 saturated carbocycles. The first-order valence-electron chi connectivity index (χ1n) is 8.32. The van der Waals surface area contributed by atoms with E-state index in [1.54, 1.807) is 18.4 Å². The van der Waals surface area contributed by atoms with Gasteiger partial charge in [-0.1, -0.05) is 0 Å². The molecule has 2 aromatic rings. The summed E-state index contributed by atoms with van der Waals surface area (Å²) in [5.41, 5.74) is 3.44. The fraction of sp³-hybridized carbons (Fsp3) is 0.529. The van der Waals surface area contributed by atoms with Crippen LogP contribution in [0.5, 0.6) is 0 Å². The maximum Gasteiger partial charge on any atom is 0.251 e. The van der Waals surface area contributed by atoms with Gasteiger partial charge in [0.2, 0.25) is 5.91 Å². The van der Waals surface area contributed by atoms with Crippen molar-refractivity contribution in [2.24, 2.45) is 0 Å². The van der Waals surface area contributed by atoms with Crippen LogP contribution in [0.3, 0.4) is 0 Å². The van der Waals surface area contributed by atoms with E-state index in [4.69, 9.17) is 4.74 Å². The topological polar surface area (TPSA) is 97.0 Å². The van der Waals surface area contributed by atoms with Crippen LogP contribution < -0.4 is 10.9 Å². The highest BCUT2D eigenvalue weighted by molar-refractivity contribution is 7.09. The number of aromatic amines is 1. The van der Waals surface area contributed by atoms with Gasteiger partial charge in [-0.15, -0.1) is 11.3 Å². The minimum atomic E-state index is -0.163. The molecular formula is C17H22N4O3S. The molecule has 0 radical (unpaired) electrons. The lowest BCUT2D eigenvalue weighted by Gasteiger charge is -2.35. The van der Waals surface area contributed by atoms with Gasteiger partial charge in [0.05, 0.1) is 16.9 Å². The number of H-pyrrole nitrogens is 1. The lowest BCUT2D eigenvalue weighted by atomic mass is 9.78. The summed E-state index contributed by atoms with van der Waals surface area (Å²) in [5.74, 6) is 0.819. The fourth-order valence-corrected chi connectivity index (χ4v) is 3.79. The number of nitrogens with zero attached hydrogens (tertiary/aromatic N) is 2. The Balaban J connectivity index is 1.47. The maximum atomic E-state index is 12.1. The van der Waals surface area contributed by atoms with Crippen LogP contribution in [-0.4, -0.2) is 34.0 Å². The summed E-state index contributed by atoms with van der Waals surface area (Å²) < 4.78 is 5.02. The van der Waals surface area contributed by atoms with Crippen LogP contribution >= 0.6 is 11.3 Å². The number of ether oxygens (including phenoxy) is 1. The largest absolute Gasteiger partial charge is 0.377 e. The van der Waals surface area contributed by atoms with Crippen LogP contribution in [0.2, 0.25) is 0 Å². The molecule has 0 atom stereocenters. The second-order valence-electron chi connectivity index (χ2n) is 6.34. The van der Waals surface area contributed by atoms with E-state index in [0.29, 0.717) is 12.2 Å². The molecule has 134 valence electrons. The van der Waals surface area contributed by atoms with Gasteiger partial charge in [-0.2, -0.15) is 0 Å². The first-order chi connectivity index (χ1) is 12.0. The lowest BCUT2D eigenvalue weighted by Crippen LogP contribution is -2.43. The molecule has 7 nitrogen and oxygen atoms in total. The molecule has 3 rings (SSSR count). The van der Waals surface area contributed by atoms with E-state index < -0.39 is 0 Å². The minimum Gasteiger partial charge on any atom is -0.377 e. The number of nitrogens with one attached hydrogen (secondary N) is 2. The fourth-order valence-electron chi connectivity index (χ4n) is 3.01. The SMILES string of the molecule is COCc1nc(C2CC(NC(=O)CCc3scnc3C)C2)cc(=O)[nH]1. The number of thiazole rings is 1. The molecule has 0 saturated heterocycles. The smallest absolute Gasteiger partial charge is 0.251 e. The van der Waals surface area contributed by atoms with Gasteiger partial charge in [0, 0.05) is 36.4 Å². The summed E-state index contributed by atoms with van der Waals surface area (Å²) >= 11 is 1.59. The van der Waals surface area contributed by atoms with E-state index in [9.17, 15) is 9.59 Å². The highest BCUT2D eigenvalue weighted by Gasteiger charge is 2.32. The summed E-state index contributed by atoms with van der Waals surface area (Å²) in [4.78, 5) is 36.2. The van der Waals surface area contributed by atoms with Gasteiger partial charge in [0.1, 0.15) is 12.4 Å². The average Bonchev–Trinajstić information content (AvgIpc) is 2.93. The normalized spacial score (nSPS) is 19.4. The van der Waals surface area contributed by atoms with E-state index >= 15 is 0 Å². The summed E-state index contributed by atoms with van der Waals surface area (Å²) in [6.07, 6.45) is 2.84. The Labute approximate surface area is 149 Å². The van der Waals surface area contributed by atoms with Crippen LogP contribution in [0.1, 0.15) is 47.3 Å². The average molecular weight is 362 g/mol. The quantitative estimate of drug-likeness (QED) is 0.781. The van der Waals surface area contributed by atoms with Crippen molar-refractivity contribution in [1.29, 1.82) is 0 Å². The molecule has 8 heteroatoms. The van der Waals surface area contributed by atoms with Gasteiger partial charge in [-0.05, 0) is 26.2 Å². The highest BCUT2D eigenvalue weighted by Crippen LogP contribution is 2.35. The van der Waals surface area contributed by atoms with Gasteiger partial charge in [-0.3, -0.25) is 9.59 Å². The Bertz CT molecular complexity index is 795. The molecule has 1 amide bonds. The highest BCUT2D eigenvalue weighted by atomic mass is 32.1. The standard InChI is InChI=1S/C17H22N4O3S/c1-10-14(25-9-18-10)3-4-16(22)19-12-5-11(6-12)13-7-17(23)21-15(20-13)8-24-2/h7,9,11-12H,3-6,8H2,1-2H3,(H,19,22)(H,20,21,23). The van der Waals surface area contributed by atoms with Crippen molar-refractivity contribution in [3.63, 3.8) is 0 Å². The van der Waals surface area contributed by atoms with Gasteiger partial charge >= 0.3 is 0 Å². The number of rotatable bonds is 7. The van der Waals surface area contributed by atoms with Crippen molar-refractivity contribution in [3.8, 4) is 0 Å². The zero-order valence-electron chi connectivity index (χ0n) is 14.4. The maximum absolute atomic E-state index is 12.1. The third kappa shape index (κ3) is 4.52. The van der Waals surface area contributed by atoms with Crippen molar-refractivity contribution in [2.45, 2.75) is 51.2 Å². The molecule has 0 aliphatic heterocycles. The summed E-state index contributed by atoms with van der Waals surface area (Å²) in [7, 11) is 1.56. The molecule has 25 heavy (non-hydrogen) atoms. The van der Waals surface area contributed by atoms with Crippen LogP contribution in [0.25, 0.3) is 0 Å². The molecule has 2 heterocycles. The first-order valence-corrected chi connectivity index (χ1v) is 9.20. The Kier molecular flexibility index (Phi) is 5.60. The molecule has 0 bridgehead atoms. The Morgan fingerprint density at radius 1 is 1.48 bits per heavy atom. The van der Waals surface area contributed by atoms with E-state index in [2.05, 4.69) is 20.3 Å². The lowest BCUT2D eigenvalue weighted by molar-refractivity contribution is -0.122. The minimum absolute atomic E-state index is 0.0650. The molecule has 1 fully saturated rings. The van der Waals surface area contributed by atoms with E-state index in [-0.39, 0.29) is 30.0 Å². The van der Waals surface area contributed by atoms with E-state index in [1.165, 1.54) is 10.9 Å².